The molecule has 4 N–H and O–H groups in total. The highest BCUT2D eigenvalue weighted by Crippen LogP contribution is 2.64. The molecule has 1 aromatic carbocycles. The van der Waals surface area contributed by atoms with Gasteiger partial charge < -0.3 is 19.6 Å². The third-order valence-corrected chi connectivity index (χ3v) is 12.1. The molecule has 0 spiro atoms. The quantitative estimate of drug-likeness (QED) is 0.0735. The maximum absolute atomic E-state index is 11.2. The van der Waals surface area contributed by atoms with Crippen molar-refractivity contribution < 1.29 is 28.7 Å². The minimum Gasteiger partial charge on any atom is -0.323 e. The number of aryl methyl sites for hydroxylation is 1. The average Bonchev–Trinajstić information content (AvgIpc) is 2.74. The molecule has 0 amide bonds. The summed E-state index contributed by atoms with van der Waals surface area (Å²) < 4.78 is 20.5. The van der Waals surface area contributed by atoms with Crippen LogP contribution in [0.15, 0.2) is 36.4 Å². The summed E-state index contributed by atoms with van der Waals surface area (Å²) in [6, 6.07) is 8.14. The Balaban J connectivity index is 1.88. The van der Waals surface area contributed by atoms with Crippen LogP contribution in [0, 0.1) is 0 Å². The van der Waals surface area contributed by atoms with E-state index in [0.29, 0.717) is 23.9 Å². The Hall–Kier alpha value is -0.100. The molecule has 196 valence electrons. The van der Waals surface area contributed by atoms with E-state index in [1.54, 1.807) is 0 Å². The summed E-state index contributed by atoms with van der Waals surface area (Å²) >= 11 is 6.59. The largest absolute Gasteiger partial charge is 0.350 e. The topological polar surface area (TPSA) is 115 Å². The van der Waals surface area contributed by atoms with Gasteiger partial charge in [-0.2, -0.15) is 0 Å². The van der Waals surface area contributed by atoms with Crippen molar-refractivity contribution >= 4 is 38.6 Å². The molecule has 0 radical (unpaired) electrons. The van der Waals surface area contributed by atoms with Crippen LogP contribution in [0.2, 0.25) is 5.02 Å². The van der Waals surface area contributed by atoms with Crippen molar-refractivity contribution in [3.05, 3.63) is 47.0 Å². The lowest BCUT2D eigenvalue weighted by molar-refractivity contribution is 0.352. The first-order valence-corrected chi connectivity index (χ1v) is 17.0. The Kier molecular flexibility index (Phi) is 17.1. The summed E-state index contributed by atoms with van der Waals surface area (Å²) in [5, 5.41) is 0.797. The lowest BCUT2D eigenvalue weighted by Crippen LogP contribution is -2.05. The molecule has 0 saturated heterocycles. The molecule has 0 aliphatic carbocycles. The van der Waals surface area contributed by atoms with E-state index < -0.39 is 19.9 Å². The van der Waals surface area contributed by atoms with Gasteiger partial charge in [0, 0.05) is 5.02 Å². The van der Waals surface area contributed by atoms with Crippen LogP contribution >= 0.6 is 38.6 Å². The molecule has 0 bridgehead atoms. The minimum atomic E-state index is -4.81. The van der Waals surface area contributed by atoms with Crippen molar-refractivity contribution in [3.63, 3.8) is 0 Å². The van der Waals surface area contributed by atoms with Gasteiger partial charge in [-0.25, -0.2) is 0 Å². The van der Waals surface area contributed by atoms with Crippen LogP contribution in [0.4, 0.5) is 0 Å². The van der Waals surface area contributed by atoms with Crippen molar-refractivity contribution in [2.75, 3.05) is 5.75 Å². The van der Waals surface area contributed by atoms with Crippen LogP contribution in [0.5, 0.6) is 0 Å². The smallest absolute Gasteiger partial charge is 0.323 e. The zero-order valence-electron chi connectivity index (χ0n) is 19.9. The first-order chi connectivity index (χ1) is 16.1. The van der Waals surface area contributed by atoms with Crippen molar-refractivity contribution in [2.45, 2.75) is 94.6 Å². The highest BCUT2D eigenvalue weighted by molar-refractivity contribution is 8.12. The maximum atomic E-state index is 11.2. The first kappa shape index (κ1) is 31.9. The molecule has 1 aromatic rings. The lowest BCUT2D eigenvalue weighted by Gasteiger charge is -2.18. The van der Waals surface area contributed by atoms with Gasteiger partial charge in [-0.1, -0.05) is 80.8 Å². The van der Waals surface area contributed by atoms with E-state index in [0.717, 1.165) is 50.0 Å². The van der Waals surface area contributed by atoms with E-state index >= 15 is 0 Å². The van der Waals surface area contributed by atoms with Gasteiger partial charge >= 0.3 is 15.2 Å². The second-order valence-electron chi connectivity index (χ2n) is 8.69. The number of hydrogen-bond donors (Lipinski definition) is 4. The summed E-state index contributed by atoms with van der Waals surface area (Å²) in [6.07, 6.45) is 20.3. The minimum absolute atomic E-state index is 0.336. The molecule has 0 aliphatic heterocycles. The van der Waals surface area contributed by atoms with E-state index in [1.165, 1.54) is 44.1 Å². The highest BCUT2D eigenvalue weighted by atomic mass is 35.5. The molecule has 0 fully saturated rings. The standard InChI is InChI=1S/C24H41ClO6P2S/c25-23-19-17-22(18-20-23)16-14-12-10-8-6-4-2-1-3-5-7-9-11-13-15-21-34-24(32(26,27)28)33(29,30)31/h1,3,17-20,24H,2,4-16,21H2,(H2,26,27,28)(H2,29,30,31)/b3-1-. The van der Waals surface area contributed by atoms with Crippen LogP contribution in [-0.2, 0) is 15.6 Å². The average molecular weight is 555 g/mol. The Morgan fingerprint density at radius 2 is 1.15 bits per heavy atom. The van der Waals surface area contributed by atoms with Gasteiger partial charge in [0.25, 0.3) is 0 Å². The van der Waals surface area contributed by atoms with Gasteiger partial charge in [-0.05, 0) is 68.4 Å². The van der Waals surface area contributed by atoms with Gasteiger partial charge in [-0.3, -0.25) is 9.13 Å². The van der Waals surface area contributed by atoms with Crippen molar-refractivity contribution in [2.24, 2.45) is 0 Å². The molecule has 0 atom stereocenters. The number of rotatable bonds is 20. The van der Waals surface area contributed by atoms with Gasteiger partial charge in [0.1, 0.15) is 0 Å². The van der Waals surface area contributed by atoms with Gasteiger partial charge in [0.05, 0.1) is 0 Å². The molecule has 34 heavy (non-hydrogen) atoms. The second kappa shape index (κ2) is 18.2. The van der Waals surface area contributed by atoms with Crippen molar-refractivity contribution in [1.29, 1.82) is 0 Å². The lowest BCUT2D eigenvalue weighted by atomic mass is 10.0. The molecule has 0 heterocycles. The molecule has 6 nitrogen and oxygen atoms in total. The Morgan fingerprint density at radius 1 is 0.706 bits per heavy atom. The fourth-order valence-electron chi connectivity index (χ4n) is 3.66. The van der Waals surface area contributed by atoms with E-state index in [-0.39, 0.29) is 0 Å². The third-order valence-electron chi connectivity index (χ3n) is 5.52. The number of hydrogen-bond acceptors (Lipinski definition) is 3. The number of unbranched alkanes of at least 4 members (excludes halogenated alkanes) is 11. The number of benzene rings is 1. The van der Waals surface area contributed by atoms with Crippen LogP contribution in [-0.4, -0.2) is 30.1 Å². The van der Waals surface area contributed by atoms with Gasteiger partial charge in [-0.15, -0.1) is 11.8 Å². The maximum Gasteiger partial charge on any atom is 0.350 e. The zero-order valence-corrected chi connectivity index (χ0v) is 23.3. The summed E-state index contributed by atoms with van der Waals surface area (Å²) in [4.78, 5) is 36.3. The number of thioether (sulfide) groups is 1. The Labute approximate surface area is 214 Å². The second-order valence-corrected chi connectivity index (χ2v) is 14.8. The Morgan fingerprint density at radius 3 is 1.65 bits per heavy atom. The van der Waals surface area contributed by atoms with Crippen LogP contribution < -0.4 is 0 Å². The van der Waals surface area contributed by atoms with E-state index in [2.05, 4.69) is 24.3 Å². The summed E-state index contributed by atoms with van der Waals surface area (Å²) in [5.74, 6) is 0.336. The molecule has 0 aliphatic rings. The predicted molar refractivity (Wildman–Crippen MR) is 145 cm³/mol. The normalized spacial score (nSPS) is 12.8. The zero-order chi connectivity index (χ0) is 25.3. The van der Waals surface area contributed by atoms with Crippen molar-refractivity contribution in [3.8, 4) is 0 Å². The highest BCUT2D eigenvalue weighted by Gasteiger charge is 2.43. The molecule has 0 unspecified atom stereocenters. The van der Waals surface area contributed by atoms with E-state index in [4.69, 9.17) is 31.2 Å². The molecule has 10 heteroatoms. The fourth-order valence-corrected chi connectivity index (χ4v) is 8.12. The van der Waals surface area contributed by atoms with Crippen LogP contribution in [0.1, 0.15) is 89.0 Å². The van der Waals surface area contributed by atoms with Crippen LogP contribution in [0.3, 0.4) is 0 Å². The van der Waals surface area contributed by atoms with Crippen molar-refractivity contribution in [1.82, 2.24) is 0 Å². The monoisotopic (exact) mass is 554 g/mol. The molecule has 0 saturated carbocycles. The number of halogens is 1. The van der Waals surface area contributed by atoms with Gasteiger partial charge in [0.2, 0.25) is 4.73 Å². The van der Waals surface area contributed by atoms with Gasteiger partial charge in [0.15, 0.2) is 0 Å². The predicted octanol–water partition coefficient (Wildman–Crippen LogP) is 7.88. The summed E-state index contributed by atoms with van der Waals surface area (Å²) in [5.41, 5.74) is 1.36. The van der Waals surface area contributed by atoms with Crippen LogP contribution in [0.25, 0.3) is 0 Å². The first-order valence-electron chi connectivity index (χ1n) is 12.2. The SMILES string of the molecule is O=P(O)(O)C(SCCCCCCC/C=C\CCCCCCCCc1ccc(Cl)cc1)P(=O)(O)O. The fraction of sp³-hybridized carbons (Fsp3) is 0.667. The van der Waals surface area contributed by atoms with E-state index in [1.807, 2.05) is 12.1 Å². The van der Waals surface area contributed by atoms with E-state index in [9.17, 15) is 9.13 Å². The molecule has 1 rings (SSSR count). The molecular formula is C24H41ClO6P2S. The summed E-state index contributed by atoms with van der Waals surface area (Å²) in [7, 11) is -9.62. The third kappa shape index (κ3) is 16.5. The molecule has 0 aromatic heterocycles. The number of allylic oxidation sites excluding steroid dienone is 2. The summed E-state index contributed by atoms with van der Waals surface area (Å²) in [6.45, 7) is 0. The Bertz CT molecular complexity index is 756. The molecular weight excluding hydrogens is 514 g/mol.